The summed E-state index contributed by atoms with van der Waals surface area (Å²) in [6, 6.07) is 12.4. The van der Waals surface area contributed by atoms with E-state index >= 15 is 0 Å². The van der Waals surface area contributed by atoms with Gasteiger partial charge in [-0.05, 0) is 48.6 Å². The number of benzene rings is 1. The van der Waals surface area contributed by atoms with Crippen LogP contribution in [0.1, 0.15) is 39.6 Å². The van der Waals surface area contributed by atoms with Crippen LogP contribution in [-0.4, -0.2) is 15.3 Å². The molecule has 0 saturated carbocycles. The Bertz CT molecular complexity index is 866. The molecule has 2 heterocycles. The Kier molecular flexibility index (Phi) is 2.96. The van der Waals surface area contributed by atoms with Gasteiger partial charge in [0.15, 0.2) is 0 Å². The minimum Gasteiger partial charge on any atom is -0.344 e. The van der Waals surface area contributed by atoms with E-state index < -0.39 is 0 Å². The summed E-state index contributed by atoms with van der Waals surface area (Å²) < 4.78 is 1.88. The number of hydrogen-bond acceptors (Lipinski definition) is 2. The third-order valence-corrected chi connectivity index (χ3v) is 4.29. The summed E-state index contributed by atoms with van der Waals surface area (Å²) in [6.45, 7) is 2.02. The molecule has 0 aliphatic heterocycles. The number of carbonyl (C=O) groups is 1. The maximum Gasteiger partial charge on any atom is 0.271 e. The normalized spacial score (nSPS) is 16.7. The molecule has 4 nitrogen and oxygen atoms in total. The number of aryl methyl sites for hydroxylation is 2. The number of pyridine rings is 1. The topological polar surface area (TPSA) is 46.4 Å². The molecule has 0 bridgehead atoms. The lowest BCUT2D eigenvalue weighted by Gasteiger charge is -2.12. The van der Waals surface area contributed by atoms with Crippen LogP contribution in [0.15, 0.2) is 48.8 Å². The highest BCUT2D eigenvalue weighted by Crippen LogP contribution is 2.30. The number of aromatic nitrogens is 2. The molecule has 0 unspecified atom stereocenters. The standard InChI is InChI=1S/C18H17N3O/c1-12-8-9-21-11-16(19-17(21)10-12)18(22)20-15-7-6-13-4-2-3-5-14(13)15/h2-5,8-11,15H,6-7H2,1H3,(H,20,22)/t15-/m0/s1. The first-order valence-corrected chi connectivity index (χ1v) is 7.55. The fourth-order valence-corrected chi connectivity index (χ4v) is 3.13. The zero-order chi connectivity index (χ0) is 15.1. The number of imidazole rings is 1. The van der Waals surface area contributed by atoms with Crippen molar-refractivity contribution in [2.75, 3.05) is 0 Å². The fraction of sp³-hybridized carbons (Fsp3) is 0.222. The van der Waals surface area contributed by atoms with Gasteiger partial charge in [0, 0.05) is 12.4 Å². The van der Waals surface area contributed by atoms with Gasteiger partial charge < -0.3 is 9.72 Å². The summed E-state index contributed by atoms with van der Waals surface area (Å²) in [5.74, 6) is -0.108. The zero-order valence-electron chi connectivity index (χ0n) is 12.4. The van der Waals surface area contributed by atoms with Gasteiger partial charge in [-0.25, -0.2) is 4.98 Å². The lowest BCUT2D eigenvalue weighted by molar-refractivity contribution is 0.0932. The molecule has 22 heavy (non-hydrogen) atoms. The van der Waals surface area contributed by atoms with Gasteiger partial charge in [0.05, 0.1) is 6.04 Å². The minimum atomic E-state index is -0.108. The number of rotatable bonds is 2. The number of hydrogen-bond donors (Lipinski definition) is 1. The van der Waals surface area contributed by atoms with E-state index in [1.165, 1.54) is 11.1 Å². The minimum absolute atomic E-state index is 0.0928. The summed E-state index contributed by atoms with van der Waals surface area (Å²) in [6.07, 6.45) is 5.69. The first kappa shape index (κ1) is 13.1. The summed E-state index contributed by atoms with van der Waals surface area (Å²) in [5.41, 5.74) is 4.97. The van der Waals surface area contributed by atoms with Crippen molar-refractivity contribution in [2.45, 2.75) is 25.8 Å². The molecule has 0 radical (unpaired) electrons. The van der Waals surface area contributed by atoms with Crippen LogP contribution in [0.3, 0.4) is 0 Å². The van der Waals surface area contributed by atoms with Gasteiger partial charge in [0.1, 0.15) is 11.3 Å². The molecule has 1 aliphatic carbocycles. The van der Waals surface area contributed by atoms with E-state index in [4.69, 9.17) is 0 Å². The molecule has 2 aromatic heterocycles. The molecule has 1 N–H and O–H groups in total. The van der Waals surface area contributed by atoms with Crippen LogP contribution >= 0.6 is 0 Å². The predicted molar refractivity (Wildman–Crippen MR) is 84.9 cm³/mol. The van der Waals surface area contributed by atoms with E-state index in [2.05, 4.69) is 22.4 Å². The van der Waals surface area contributed by atoms with E-state index in [-0.39, 0.29) is 11.9 Å². The second kappa shape index (κ2) is 4.98. The van der Waals surface area contributed by atoms with Gasteiger partial charge in [0.2, 0.25) is 0 Å². The zero-order valence-corrected chi connectivity index (χ0v) is 12.4. The lowest BCUT2D eigenvalue weighted by Crippen LogP contribution is -2.27. The van der Waals surface area contributed by atoms with Crippen LogP contribution in [0.5, 0.6) is 0 Å². The van der Waals surface area contributed by atoms with Crippen molar-refractivity contribution in [2.24, 2.45) is 0 Å². The van der Waals surface area contributed by atoms with Gasteiger partial charge in [-0.3, -0.25) is 4.79 Å². The largest absolute Gasteiger partial charge is 0.344 e. The van der Waals surface area contributed by atoms with Crippen LogP contribution in [0.25, 0.3) is 5.65 Å². The van der Waals surface area contributed by atoms with Crippen molar-refractivity contribution in [1.82, 2.24) is 14.7 Å². The summed E-state index contributed by atoms with van der Waals surface area (Å²) in [4.78, 5) is 16.9. The molecule has 1 amide bonds. The highest BCUT2D eigenvalue weighted by molar-refractivity contribution is 5.93. The van der Waals surface area contributed by atoms with Gasteiger partial charge in [-0.15, -0.1) is 0 Å². The van der Waals surface area contributed by atoms with Crippen molar-refractivity contribution in [1.29, 1.82) is 0 Å². The van der Waals surface area contributed by atoms with E-state index in [0.29, 0.717) is 5.69 Å². The van der Waals surface area contributed by atoms with Crippen molar-refractivity contribution in [3.05, 3.63) is 71.2 Å². The van der Waals surface area contributed by atoms with E-state index in [1.54, 1.807) is 6.20 Å². The Hall–Kier alpha value is -2.62. The maximum atomic E-state index is 12.5. The molecule has 1 aromatic carbocycles. The lowest BCUT2D eigenvalue weighted by atomic mass is 10.1. The SMILES string of the molecule is Cc1ccn2cc(C(=O)N[C@H]3CCc4ccccc43)nc2c1. The first-order chi connectivity index (χ1) is 10.7. The van der Waals surface area contributed by atoms with Crippen LogP contribution in [-0.2, 0) is 6.42 Å². The third kappa shape index (κ3) is 2.17. The van der Waals surface area contributed by atoms with Crippen LogP contribution in [0, 0.1) is 6.92 Å². The summed E-state index contributed by atoms with van der Waals surface area (Å²) in [7, 11) is 0. The number of amides is 1. The van der Waals surface area contributed by atoms with Crippen LogP contribution in [0.4, 0.5) is 0 Å². The molecule has 4 heteroatoms. The van der Waals surface area contributed by atoms with Gasteiger partial charge in [-0.2, -0.15) is 0 Å². The highest BCUT2D eigenvalue weighted by atomic mass is 16.2. The third-order valence-electron chi connectivity index (χ3n) is 4.29. The molecule has 0 spiro atoms. The quantitative estimate of drug-likeness (QED) is 0.788. The molecule has 4 rings (SSSR count). The summed E-state index contributed by atoms with van der Waals surface area (Å²) >= 11 is 0. The van der Waals surface area contributed by atoms with Gasteiger partial charge in [0.25, 0.3) is 5.91 Å². The molecule has 1 aliphatic rings. The Morgan fingerprint density at radius 1 is 1.32 bits per heavy atom. The molecule has 0 saturated heterocycles. The Labute approximate surface area is 128 Å². The second-order valence-electron chi connectivity index (χ2n) is 5.86. The molecular formula is C18H17N3O. The van der Waals surface area contributed by atoms with E-state index in [1.807, 2.05) is 41.8 Å². The van der Waals surface area contributed by atoms with Crippen molar-refractivity contribution in [3.8, 4) is 0 Å². The van der Waals surface area contributed by atoms with Crippen molar-refractivity contribution in [3.63, 3.8) is 0 Å². The monoisotopic (exact) mass is 291 g/mol. The molecule has 3 aromatic rings. The number of carbonyl (C=O) groups excluding carboxylic acids is 1. The highest BCUT2D eigenvalue weighted by Gasteiger charge is 2.24. The predicted octanol–water partition coefficient (Wildman–Crippen LogP) is 3.06. The van der Waals surface area contributed by atoms with Crippen molar-refractivity contribution >= 4 is 11.6 Å². The van der Waals surface area contributed by atoms with E-state index in [0.717, 1.165) is 24.1 Å². The van der Waals surface area contributed by atoms with Crippen molar-refractivity contribution < 1.29 is 4.79 Å². The smallest absolute Gasteiger partial charge is 0.271 e. The Morgan fingerprint density at radius 2 is 2.18 bits per heavy atom. The van der Waals surface area contributed by atoms with Gasteiger partial charge >= 0.3 is 0 Å². The van der Waals surface area contributed by atoms with Gasteiger partial charge in [-0.1, -0.05) is 24.3 Å². The average molecular weight is 291 g/mol. The van der Waals surface area contributed by atoms with Crippen LogP contribution < -0.4 is 5.32 Å². The molecule has 0 fully saturated rings. The molecular weight excluding hydrogens is 274 g/mol. The number of nitrogens with zero attached hydrogens (tertiary/aromatic N) is 2. The summed E-state index contributed by atoms with van der Waals surface area (Å²) in [5, 5.41) is 3.11. The Morgan fingerprint density at radius 3 is 3.09 bits per heavy atom. The first-order valence-electron chi connectivity index (χ1n) is 7.55. The second-order valence-corrected chi connectivity index (χ2v) is 5.86. The fourth-order valence-electron chi connectivity index (χ4n) is 3.13. The maximum absolute atomic E-state index is 12.5. The average Bonchev–Trinajstić information content (AvgIpc) is 3.11. The Balaban J connectivity index is 1.59. The number of nitrogens with one attached hydrogen (secondary N) is 1. The van der Waals surface area contributed by atoms with E-state index in [9.17, 15) is 4.79 Å². The number of fused-ring (bicyclic) bond motifs is 2. The molecule has 110 valence electrons. The molecule has 1 atom stereocenters. The van der Waals surface area contributed by atoms with Crippen LogP contribution in [0.2, 0.25) is 0 Å².